The fourth-order valence-electron chi connectivity index (χ4n) is 0.474. The second-order valence-corrected chi connectivity index (χ2v) is 1.39. The molecule has 2 nitrogen and oxygen atoms in total. The Labute approximate surface area is 97.1 Å². The summed E-state index contributed by atoms with van der Waals surface area (Å²) in [7, 11) is 1.63. The molecule has 1 heterocycles. The Hall–Kier alpha value is 0.586. The van der Waals surface area contributed by atoms with Crippen molar-refractivity contribution >= 4 is 51.4 Å². The first-order valence-electron chi connectivity index (χ1n) is 2.37. The molecule has 1 aromatic rings. The maximum Gasteiger partial charge on any atom is 0.121 e. The maximum atomic E-state index is 4.87. The van der Waals surface area contributed by atoms with Gasteiger partial charge in [0, 0.05) is 63.8 Å². The molecule has 0 aromatic carbocycles. The van der Waals surface area contributed by atoms with Crippen LogP contribution in [0.1, 0.15) is 0 Å². The van der Waals surface area contributed by atoms with Crippen LogP contribution in [0.4, 0.5) is 0 Å². The molecular formula is C6H7KNO. The predicted octanol–water partition coefficient (Wildman–Crippen LogP) is 0.709. The van der Waals surface area contributed by atoms with Gasteiger partial charge in [0.15, 0.2) is 0 Å². The average molecular weight is 148 g/mol. The minimum absolute atomic E-state index is 0. The van der Waals surface area contributed by atoms with Crippen molar-refractivity contribution < 1.29 is 4.74 Å². The largest absolute Gasteiger partial charge is 0.497 e. The van der Waals surface area contributed by atoms with Gasteiger partial charge >= 0.3 is 0 Å². The Morgan fingerprint density at radius 1 is 1.33 bits per heavy atom. The molecule has 0 fully saturated rings. The standard InChI is InChI=1S/C6H7NO.K/c1-8-6-2-4-7-5-3-6;/h2-5H,1H3;. The molecule has 1 rings (SSSR count). The zero-order valence-corrected chi connectivity index (χ0v) is 8.79. The average Bonchev–Trinajstić information content (AvgIpc) is 1.90. The second kappa shape index (κ2) is 5.38. The molecule has 0 saturated carbocycles. The molecule has 0 aliphatic carbocycles. The van der Waals surface area contributed by atoms with E-state index in [9.17, 15) is 0 Å². The third kappa shape index (κ3) is 3.32. The fraction of sp³-hybridized carbons (Fsp3) is 0.167. The normalized spacial score (nSPS) is 7.67. The molecular weight excluding hydrogens is 141 g/mol. The number of hydrogen-bond acceptors (Lipinski definition) is 2. The van der Waals surface area contributed by atoms with E-state index in [0.717, 1.165) is 5.75 Å². The van der Waals surface area contributed by atoms with Gasteiger partial charge in [0.25, 0.3) is 0 Å². The molecule has 0 aliphatic heterocycles. The molecule has 1 aromatic heterocycles. The summed E-state index contributed by atoms with van der Waals surface area (Å²) in [4.78, 5) is 3.81. The molecule has 0 unspecified atom stereocenters. The molecule has 0 saturated heterocycles. The van der Waals surface area contributed by atoms with Gasteiger partial charge in [-0.1, -0.05) is 0 Å². The molecule has 9 heavy (non-hydrogen) atoms. The zero-order valence-electron chi connectivity index (χ0n) is 5.66. The van der Waals surface area contributed by atoms with E-state index in [-0.39, 0.29) is 51.4 Å². The number of methoxy groups -OCH3 is 1. The molecule has 0 atom stereocenters. The van der Waals surface area contributed by atoms with Crippen molar-refractivity contribution in [2.45, 2.75) is 0 Å². The Balaban J connectivity index is 0.000000640. The van der Waals surface area contributed by atoms with Gasteiger partial charge in [-0.2, -0.15) is 0 Å². The molecule has 0 aliphatic rings. The van der Waals surface area contributed by atoms with Crippen LogP contribution in [-0.4, -0.2) is 63.5 Å². The van der Waals surface area contributed by atoms with Crippen molar-refractivity contribution in [1.29, 1.82) is 0 Å². The number of aromatic nitrogens is 1. The van der Waals surface area contributed by atoms with Crippen molar-refractivity contribution in [3.8, 4) is 5.75 Å². The number of pyridine rings is 1. The minimum Gasteiger partial charge on any atom is -0.497 e. The molecule has 0 spiro atoms. The Morgan fingerprint density at radius 3 is 2.22 bits per heavy atom. The summed E-state index contributed by atoms with van der Waals surface area (Å²) < 4.78 is 4.87. The van der Waals surface area contributed by atoms with Crippen LogP contribution in [0.25, 0.3) is 0 Å². The van der Waals surface area contributed by atoms with Gasteiger partial charge in [-0.3, -0.25) is 4.98 Å². The van der Waals surface area contributed by atoms with Gasteiger partial charge in [-0.15, -0.1) is 0 Å². The zero-order chi connectivity index (χ0) is 5.82. The third-order valence-corrected chi connectivity index (χ3v) is 0.885. The number of hydrogen-bond donors (Lipinski definition) is 0. The van der Waals surface area contributed by atoms with Crippen molar-refractivity contribution in [2.24, 2.45) is 0 Å². The van der Waals surface area contributed by atoms with Gasteiger partial charge in [0.05, 0.1) is 7.11 Å². The Bertz CT molecular complexity index is 154. The number of nitrogens with zero attached hydrogens (tertiary/aromatic N) is 1. The first-order valence-corrected chi connectivity index (χ1v) is 2.37. The monoisotopic (exact) mass is 148 g/mol. The van der Waals surface area contributed by atoms with Crippen molar-refractivity contribution in [3.05, 3.63) is 24.5 Å². The number of ether oxygens (including phenoxy) is 1. The summed E-state index contributed by atoms with van der Waals surface area (Å²) in [5, 5.41) is 0. The molecule has 3 heteroatoms. The van der Waals surface area contributed by atoms with Crippen LogP contribution >= 0.6 is 0 Å². The Morgan fingerprint density at radius 2 is 1.89 bits per heavy atom. The topological polar surface area (TPSA) is 22.1 Å². The maximum absolute atomic E-state index is 4.87. The Kier molecular flexibility index (Phi) is 5.73. The summed E-state index contributed by atoms with van der Waals surface area (Å²) in [6.45, 7) is 0. The van der Waals surface area contributed by atoms with Gasteiger partial charge < -0.3 is 4.74 Å². The minimum atomic E-state index is 0. The van der Waals surface area contributed by atoms with E-state index in [1.165, 1.54) is 0 Å². The van der Waals surface area contributed by atoms with Crippen LogP contribution in [0.15, 0.2) is 24.5 Å². The van der Waals surface area contributed by atoms with E-state index in [1.807, 2.05) is 0 Å². The van der Waals surface area contributed by atoms with Crippen LogP contribution in [-0.2, 0) is 0 Å². The van der Waals surface area contributed by atoms with Gasteiger partial charge in [0.2, 0.25) is 0 Å². The molecule has 1 radical (unpaired) electrons. The van der Waals surface area contributed by atoms with Gasteiger partial charge in [-0.25, -0.2) is 0 Å². The van der Waals surface area contributed by atoms with E-state index >= 15 is 0 Å². The summed E-state index contributed by atoms with van der Waals surface area (Å²) in [5.74, 6) is 0.847. The smallest absolute Gasteiger partial charge is 0.121 e. The van der Waals surface area contributed by atoms with Crippen LogP contribution < -0.4 is 4.74 Å². The van der Waals surface area contributed by atoms with E-state index in [1.54, 1.807) is 31.6 Å². The number of rotatable bonds is 1. The summed E-state index contributed by atoms with van der Waals surface area (Å²) in [5.41, 5.74) is 0. The summed E-state index contributed by atoms with van der Waals surface area (Å²) in [6, 6.07) is 3.61. The predicted molar refractivity (Wildman–Crippen MR) is 36.5 cm³/mol. The quantitative estimate of drug-likeness (QED) is 0.547. The van der Waals surface area contributed by atoms with Crippen LogP contribution in [0, 0.1) is 0 Å². The molecule has 0 bridgehead atoms. The van der Waals surface area contributed by atoms with E-state index < -0.39 is 0 Å². The fourth-order valence-corrected chi connectivity index (χ4v) is 0.474. The van der Waals surface area contributed by atoms with Crippen molar-refractivity contribution in [3.63, 3.8) is 0 Å². The van der Waals surface area contributed by atoms with Gasteiger partial charge in [-0.05, 0) is 12.1 Å². The van der Waals surface area contributed by atoms with E-state index in [2.05, 4.69) is 4.98 Å². The first kappa shape index (κ1) is 9.59. The first-order chi connectivity index (χ1) is 3.93. The van der Waals surface area contributed by atoms with Crippen molar-refractivity contribution in [1.82, 2.24) is 4.98 Å². The third-order valence-electron chi connectivity index (χ3n) is 0.885. The second-order valence-electron chi connectivity index (χ2n) is 1.39. The van der Waals surface area contributed by atoms with Crippen LogP contribution in [0.2, 0.25) is 0 Å². The molecule has 43 valence electrons. The van der Waals surface area contributed by atoms with E-state index in [0.29, 0.717) is 0 Å². The summed E-state index contributed by atoms with van der Waals surface area (Å²) >= 11 is 0. The van der Waals surface area contributed by atoms with Gasteiger partial charge in [0.1, 0.15) is 5.75 Å². The van der Waals surface area contributed by atoms with Crippen LogP contribution in [0.5, 0.6) is 5.75 Å². The molecule has 0 amide bonds. The van der Waals surface area contributed by atoms with Crippen LogP contribution in [0.3, 0.4) is 0 Å². The summed E-state index contributed by atoms with van der Waals surface area (Å²) in [6.07, 6.45) is 3.39. The molecule has 0 N–H and O–H groups in total. The SMILES string of the molecule is COc1ccncc1.[K]. The van der Waals surface area contributed by atoms with Crippen molar-refractivity contribution in [2.75, 3.05) is 7.11 Å². The van der Waals surface area contributed by atoms with E-state index in [4.69, 9.17) is 4.74 Å².